The molecule has 4 aliphatic carbocycles. The van der Waals surface area contributed by atoms with E-state index in [1.165, 1.54) is 32.1 Å². The minimum absolute atomic E-state index is 0.179. The Hall–Kier alpha value is -2.93. The van der Waals surface area contributed by atoms with Crippen molar-refractivity contribution in [3.8, 4) is 11.8 Å². The summed E-state index contributed by atoms with van der Waals surface area (Å²) in [6, 6.07) is 10.6. The highest BCUT2D eigenvalue weighted by atomic mass is 16.5. The molecular weight excluding hydrogens is 468 g/mol. The topological polar surface area (TPSA) is 135 Å². The smallest absolute Gasteiger partial charge is 0.224 e. The van der Waals surface area contributed by atoms with Crippen LogP contribution >= 0.6 is 0 Å². The molecule has 4 bridgehead atoms. The van der Waals surface area contributed by atoms with Crippen molar-refractivity contribution in [1.29, 1.82) is 5.26 Å². The van der Waals surface area contributed by atoms with Gasteiger partial charge >= 0.3 is 0 Å². The number of para-hydroxylation sites is 1. The van der Waals surface area contributed by atoms with Crippen LogP contribution in [0.3, 0.4) is 0 Å². The van der Waals surface area contributed by atoms with E-state index in [9.17, 15) is 10.4 Å². The predicted molar refractivity (Wildman–Crippen MR) is 141 cm³/mol. The van der Waals surface area contributed by atoms with Crippen LogP contribution in [0.2, 0.25) is 0 Å². The summed E-state index contributed by atoms with van der Waals surface area (Å²) in [5, 5.41) is 39.0. The lowest BCUT2D eigenvalue weighted by molar-refractivity contribution is -0.0699. The van der Waals surface area contributed by atoms with Crippen molar-refractivity contribution in [1.82, 2.24) is 15.3 Å². The Morgan fingerprint density at radius 3 is 2.70 bits per heavy atom. The van der Waals surface area contributed by atoms with Crippen molar-refractivity contribution < 1.29 is 14.9 Å². The van der Waals surface area contributed by atoms with Crippen LogP contribution in [0.15, 0.2) is 30.5 Å². The maximum Gasteiger partial charge on any atom is 0.224 e. The number of aromatic nitrogens is 2. The number of aliphatic hydroxyl groups is 2. The summed E-state index contributed by atoms with van der Waals surface area (Å²) in [4.78, 5) is 9.00. The highest BCUT2D eigenvalue weighted by molar-refractivity contribution is 5.53. The van der Waals surface area contributed by atoms with Gasteiger partial charge in [-0.25, -0.2) is 4.98 Å². The Labute approximate surface area is 218 Å². The molecule has 2 aromatic rings. The first-order valence-corrected chi connectivity index (χ1v) is 13.4. The molecule has 0 amide bonds. The SMILES string of the molecule is COc1ccccc1CNc1ncc(C#N)c(NCC23CC4C[C@H](C2)C(NCC[C@@H](O)CO)[C@@H](C4)C3)n1. The van der Waals surface area contributed by atoms with Gasteiger partial charge < -0.3 is 30.9 Å². The van der Waals surface area contributed by atoms with Crippen LogP contribution in [0.5, 0.6) is 5.75 Å². The summed E-state index contributed by atoms with van der Waals surface area (Å²) in [6.45, 7) is 1.89. The van der Waals surface area contributed by atoms with E-state index in [4.69, 9.17) is 9.84 Å². The van der Waals surface area contributed by atoms with Gasteiger partial charge in [0.15, 0.2) is 0 Å². The molecule has 1 aromatic heterocycles. The van der Waals surface area contributed by atoms with E-state index in [0.29, 0.717) is 48.2 Å². The van der Waals surface area contributed by atoms with Gasteiger partial charge in [-0.05, 0) is 74.3 Å². The van der Waals surface area contributed by atoms with Crippen molar-refractivity contribution in [2.75, 3.05) is 37.4 Å². The predicted octanol–water partition coefficient (Wildman–Crippen LogP) is 2.91. The first-order chi connectivity index (χ1) is 18.0. The molecule has 3 unspecified atom stereocenters. The van der Waals surface area contributed by atoms with Gasteiger partial charge in [0.2, 0.25) is 5.95 Å². The molecule has 1 heterocycles. The number of nitrogens with zero attached hydrogens (tertiary/aromatic N) is 3. The second-order valence-corrected chi connectivity index (χ2v) is 11.2. The van der Waals surface area contributed by atoms with Crippen molar-refractivity contribution in [3.63, 3.8) is 0 Å². The van der Waals surface area contributed by atoms with Gasteiger partial charge in [0.1, 0.15) is 23.2 Å². The average Bonchev–Trinajstić information content (AvgIpc) is 2.92. The Kier molecular flexibility index (Phi) is 7.79. The summed E-state index contributed by atoms with van der Waals surface area (Å²) in [5.74, 6) is 3.91. The van der Waals surface area contributed by atoms with Gasteiger partial charge in [-0.1, -0.05) is 18.2 Å². The number of methoxy groups -OCH3 is 1. The van der Waals surface area contributed by atoms with Crippen LogP contribution in [0.4, 0.5) is 11.8 Å². The number of hydrogen-bond acceptors (Lipinski definition) is 9. The van der Waals surface area contributed by atoms with Crippen LogP contribution in [0.25, 0.3) is 0 Å². The van der Waals surface area contributed by atoms with E-state index in [1.807, 2.05) is 24.3 Å². The van der Waals surface area contributed by atoms with Crippen molar-refractivity contribution in [2.24, 2.45) is 23.2 Å². The molecule has 6 rings (SSSR count). The molecule has 9 nitrogen and oxygen atoms in total. The fourth-order valence-corrected chi connectivity index (χ4v) is 7.23. The molecule has 6 atom stereocenters. The fraction of sp³-hybridized carbons (Fsp3) is 0.607. The quantitative estimate of drug-likeness (QED) is 0.294. The normalized spacial score (nSPS) is 28.5. The van der Waals surface area contributed by atoms with Crippen LogP contribution in [0.1, 0.15) is 49.7 Å². The van der Waals surface area contributed by atoms with E-state index in [-0.39, 0.29) is 12.0 Å². The zero-order valence-corrected chi connectivity index (χ0v) is 21.5. The molecule has 1 aromatic carbocycles. The Morgan fingerprint density at radius 1 is 1.19 bits per heavy atom. The van der Waals surface area contributed by atoms with Gasteiger partial charge in [-0.2, -0.15) is 10.2 Å². The molecule has 0 radical (unpaired) electrons. The summed E-state index contributed by atoms with van der Waals surface area (Å²) < 4.78 is 5.43. The molecule has 4 fully saturated rings. The van der Waals surface area contributed by atoms with Crippen LogP contribution in [-0.4, -0.2) is 59.1 Å². The van der Waals surface area contributed by atoms with Crippen molar-refractivity contribution in [3.05, 3.63) is 41.6 Å². The summed E-state index contributed by atoms with van der Waals surface area (Å²) in [5.41, 5.74) is 1.69. The maximum absolute atomic E-state index is 9.69. The minimum Gasteiger partial charge on any atom is -0.496 e. The molecular formula is C28H38N6O3. The number of ether oxygens (including phenoxy) is 1. The first-order valence-electron chi connectivity index (χ1n) is 13.4. The lowest BCUT2D eigenvalue weighted by Gasteiger charge is -2.60. The maximum atomic E-state index is 9.69. The first kappa shape index (κ1) is 25.7. The highest BCUT2D eigenvalue weighted by Crippen LogP contribution is 2.60. The van der Waals surface area contributed by atoms with Crippen LogP contribution in [0, 0.1) is 34.5 Å². The number of rotatable bonds is 12. The van der Waals surface area contributed by atoms with E-state index in [2.05, 4.69) is 32.0 Å². The van der Waals surface area contributed by atoms with E-state index < -0.39 is 6.10 Å². The third-order valence-corrected chi connectivity index (χ3v) is 8.64. The molecule has 5 N–H and O–H groups in total. The standard InChI is InChI=1S/C28H38N6O3/c1-37-24-5-3-2-4-19(24)14-31-27-32-15-22(13-29)26(34-27)33-17-28-10-18-8-20(11-28)25(21(9-18)12-28)30-7-6-23(36)16-35/h2-5,15,18,20-21,23,25,30,35-36H,6-12,14,16-17H2,1H3,(H2,31,32,33,34)/t18?,20-,21+,23-,25?,28?/m1/s1. The highest BCUT2D eigenvalue weighted by Gasteiger charge is 2.55. The van der Waals surface area contributed by atoms with E-state index in [0.717, 1.165) is 30.3 Å². The summed E-state index contributed by atoms with van der Waals surface area (Å²) in [6.07, 6.45) is 7.63. The lowest BCUT2D eigenvalue weighted by Crippen LogP contribution is -2.59. The number of hydrogen-bond donors (Lipinski definition) is 5. The average molecular weight is 507 g/mol. The second-order valence-electron chi connectivity index (χ2n) is 11.2. The summed E-state index contributed by atoms with van der Waals surface area (Å²) in [7, 11) is 1.66. The molecule has 0 spiro atoms. The zero-order chi connectivity index (χ0) is 25.8. The van der Waals surface area contributed by atoms with Crippen LogP contribution < -0.4 is 20.7 Å². The van der Waals surface area contributed by atoms with Crippen molar-refractivity contribution >= 4 is 11.8 Å². The number of benzene rings is 1. The number of aliphatic hydroxyl groups excluding tert-OH is 2. The summed E-state index contributed by atoms with van der Waals surface area (Å²) >= 11 is 0. The molecule has 0 saturated heterocycles. The van der Waals surface area contributed by atoms with Gasteiger partial charge in [-0.3, -0.25) is 0 Å². The molecule has 198 valence electrons. The van der Waals surface area contributed by atoms with E-state index in [1.54, 1.807) is 13.3 Å². The number of anilines is 2. The van der Waals surface area contributed by atoms with E-state index >= 15 is 0 Å². The Balaban J connectivity index is 1.22. The van der Waals surface area contributed by atoms with Crippen LogP contribution in [-0.2, 0) is 6.54 Å². The lowest BCUT2D eigenvalue weighted by atomic mass is 9.48. The second kappa shape index (κ2) is 11.2. The molecule has 0 aliphatic heterocycles. The Morgan fingerprint density at radius 2 is 1.97 bits per heavy atom. The number of nitriles is 1. The largest absolute Gasteiger partial charge is 0.496 e. The fourth-order valence-electron chi connectivity index (χ4n) is 7.23. The van der Waals surface area contributed by atoms with Gasteiger partial charge in [0.25, 0.3) is 0 Å². The molecule has 37 heavy (non-hydrogen) atoms. The van der Waals surface area contributed by atoms with Gasteiger partial charge in [0.05, 0.1) is 26.0 Å². The zero-order valence-electron chi connectivity index (χ0n) is 21.5. The third-order valence-electron chi connectivity index (χ3n) is 8.64. The number of nitrogens with one attached hydrogen (secondary N) is 3. The molecule has 9 heteroatoms. The minimum atomic E-state index is -0.642. The van der Waals surface area contributed by atoms with Crippen molar-refractivity contribution in [2.45, 2.75) is 57.2 Å². The Bertz CT molecular complexity index is 1110. The van der Waals surface area contributed by atoms with Gasteiger partial charge in [-0.15, -0.1) is 0 Å². The molecule has 4 saturated carbocycles. The molecule has 4 aliphatic rings. The van der Waals surface area contributed by atoms with Gasteiger partial charge in [0, 0.05) is 24.7 Å². The third kappa shape index (κ3) is 5.66. The monoisotopic (exact) mass is 506 g/mol.